The van der Waals surface area contributed by atoms with E-state index in [0.29, 0.717) is 26.1 Å². The number of piperidine rings is 1. The minimum atomic E-state index is -3.22. The number of nitrogens with zero attached hydrogens (tertiary/aromatic N) is 2. The fraction of sp³-hybridized carbons (Fsp3) is 0.526. The van der Waals surface area contributed by atoms with Crippen molar-refractivity contribution in [1.82, 2.24) is 14.2 Å². The first kappa shape index (κ1) is 17.5. The number of carbonyl (C=O) groups excluding carboxylic acids is 1. The highest BCUT2D eigenvalue weighted by atomic mass is 32.2. The summed E-state index contributed by atoms with van der Waals surface area (Å²) in [5, 5.41) is 1.09. The van der Waals surface area contributed by atoms with Gasteiger partial charge in [-0.05, 0) is 37.3 Å². The van der Waals surface area contributed by atoms with Crippen LogP contribution >= 0.6 is 0 Å². The molecule has 5 rings (SSSR count). The standard InChI is InChI=1S/C19H25N3O3S/c1-13-17(16-5-3-4-6-18(16)20-13)9-19(23)22-11-14-7-8-15(22)12-21(10-14)26(2,24)25/h3-6,14-15,20H,7-12H2,1-2H3/t14-,15+/m0/s1. The molecule has 140 valence electrons. The van der Waals surface area contributed by atoms with Crippen molar-refractivity contribution in [2.24, 2.45) is 5.92 Å². The van der Waals surface area contributed by atoms with Crippen molar-refractivity contribution >= 4 is 26.8 Å². The number of hydrogen-bond donors (Lipinski definition) is 1. The normalized spacial score (nSPS) is 24.2. The summed E-state index contributed by atoms with van der Waals surface area (Å²) < 4.78 is 25.6. The van der Waals surface area contributed by atoms with Crippen LogP contribution < -0.4 is 0 Å². The van der Waals surface area contributed by atoms with Crippen molar-refractivity contribution in [3.8, 4) is 0 Å². The summed E-state index contributed by atoms with van der Waals surface area (Å²) in [5.74, 6) is 0.333. The van der Waals surface area contributed by atoms with E-state index in [1.807, 2.05) is 36.1 Å². The quantitative estimate of drug-likeness (QED) is 0.890. The number of aryl methyl sites for hydroxylation is 1. The number of H-pyrrole nitrogens is 1. The third-order valence-electron chi connectivity index (χ3n) is 5.82. The molecule has 0 unspecified atom stereocenters. The number of carbonyl (C=O) groups is 1. The lowest BCUT2D eigenvalue weighted by atomic mass is 9.94. The highest BCUT2D eigenvalue weighted by Crippen LogP contribution is 2.30. The van der Waals surface area contributed by atoms with Crippen molar-refractivity contribution in [2.75, 3.05) is 25.9 Å². The number of hydrogen-bond acceptors (Lipinski definition) is 3. The van der Waals surface area contributed by atoms with Crippen LogP contribution in [0.1, 0.15) is 24.1 Å². The topological polar surface area (TPSA) is 73.5 Å². The molecule has 0 saturated carbocycles. The lowest BCUT2D eigenvalue weighted by molar-refractivity contribution is -0.134. The van der Waals surface area contributed by atoms with Crippen LogP contribution in [0.2, 0.25) is 0 Å². The molecule has 7 heteroatoms. The van der Waals surface area contributed by atoms with Crippen LogP contribution in [-0.4, -0.2) is 60.4 Å². The number of rotatable bonds is 3. The van der Waals surface area contributed by atoms with E-state index in [1.165, 1.54) is 6.26 Å². The zero-order valence-electron chi connectivity index (χ0n) is 15.2. The molecule has 2 aromatic rings. The second-order valence-corrected chi connectivity index (χ2v) is 9.66. The lowest BCUT2D eigenvalue weighted by Crippen LogP contribution is -2.48. The Balaban J connectivity index is 1.58. The summed E-state index contributed by atoms with van der Waals surface area (Å²) in [7, 11) is -3.22. The molecule has 1 N–H and O–H groups in total. The maximum absolute atomic E-state index is 13.1. The van der Waals surface area contributed by atoms with Crippen LogP contribution in [0.5, 0.6) is 0 Å². The summed E-state index contributed by atoms with van der Waals surface area (Å²) in [6.45, 7) is 3.62. The molecule has 1 amide bonds. The van der Waals surface area contributed by atoms with Gasteiger partial charge in [-0.3, -0.25) is 4.79 Å². The Morgan fingerprint density at radius 3 is 2.73 bits per heavy atom. The third kappa shape index (κ3) is 3.14. The van der Waals surface area contributed by atoms with Gasteiger partial charge in [-0.1, -0.05) is 18.2 Å². The Morgan fingerprint density at radius 1 is 1.19 bits per heavy atom. The summed E-state index contributed by atoms with van der Waals surface area (Å²) in [4.78, 5) is 18.4. The number of sulfonamides is 1. The number of para-hydroxylation sites is 1. The molecule has 2 bridgehead atoms. The van der Waals surface area contributed by atoms with Gasteiger partial charge < -0.3 is 9.88 Å². The zero-order valence-corrected chi connectivity index (χ0v) is 16.1. The van der Waals surface area contributed by atoms with E-state index < -0.39 is 10.0 Å². The Labute approximate surface area is 154 Å². The molecule has 3 aliphatic heterocycles. The molecule has 3 saturated heterocycles. The number of amides is 1. The second-order valence-electron chi connectivity index (χ2n) is 7.67. The smallest absolute Gasteiger partial charge is 0.227 e. The largest absolute Gasteiger partial charge is 0.358 e. The second kappa shape index (κ2) is 6.39. The average molecular weight is 375 g/mol. The highest BCUT2D eigenvalue weighted by Gasteiger charge is 2.39. The molecule has 2 atom stereocenters. The Morgan fingerprint density at radius 2 is 1.96 bits per heavy atom. The van der Waals surface area contributed by atoms with E-state index in [9.17, 15) is 13.2 Å². The predicted octanol–water partition coefficient (Wildman–Crippen LogP) is 1.90. The monoisotopic (exact) mass is 375 g/mol. The molecule has 1 aromatic heterocycles. The molecular weight excluding hydrogens is 350 g/mol. The van der Waals surface area contributed by atoms with Crippen LogP contribution in [0, 0.1) is 12.8 Å². The van der Waals surface area contributed by atoms with Crippen molar-refractivity contribution in [2.45, 2.75) is 32.2 Å². The van der Waals surface area contributed by atoms with Crippen LogP contribution in [0.3, 0.4) is 0 Å². The summed E-state index contributed by atoms with van der Waals surface area (Å²) in [5.41, 5.74) is 3.12. The fourth-order valence-corrected chi connectivity index (χ4v) is 5.35. The van der Waals surface area contributed by atoms with Gasteiger partial charge in [-0.25, -0.2) is 8.42 Å². The van der Waals surface area contributed by atoms with Crippen molar-refractivity contribution in [3.05, 3.63) is 35.5 Å². The van der Waals surface area contributed by atoms with Crippen LogP contribution in [0.15, 0.2) is 24.3 Å². The minimum Gasteiger partial charge on any atom is -0.358 e. The molecule has 26 heavy (non-hydrogen) atoms. The van der Waals surface area contributed by atoms with Gasteiger partial charge in [-0.15, -0.1) is 0 Å². The molecule has 0 radical (unpaired) electrons. The van der Waals surface area contributed by atoms with E-state index in [4.69, 9.17) is 0 Å². The molecule has 0 spiro atoms. The average Bonchev–Trinajstić information content (AvgIpc) is 2.77. The molecule has 0 aliphatic carbocycles. The SMILES string of the molecule is Cc1[nH]c2ccccc2c1CC(=O)N1C[C@H]2CC[C@@H]1CN(S(C)(=O)=O)C2. The Hall–Kier alpha value is -1.86. The van der Waals surface area contributed by atoms with E-state index in [0.717, 1.165) is 35.0 Å². The van der Waals surface area contributed by atoms with E-state index >= 15 is 0 Å². The van der Waals surface area contributed by atoms with Gasteiger partial charge in [0.2, 0.25) is 15.9 Å². The lowest BCUT2D eigenvalue weighted by Gasteiger charge is -2.36. The predicted molar refractivity (Wildman–Crippen MR) is 101 cm³/mol. The van der Waals surface area contributed by atoms with Gasteiger partial charge >= 0.3 is 0 Å². The summed E-state index contributed by atoms with van der Waals surface area (Å²) in [6, 6.07) is 8.02. The number of nitrogens with one attached hydrogen (secondary N) is 1. The fourth-order valence-electron chi connectivity index (χ4n) is 4.43. The molecule has 3 aliphatic rings. The molecule has 3 fully saturated rings. The molecular formula is C19H25N3O3S. The number of benzene rings is 1. The molecule has 1 aromatic carbocycles. The molecule has 4 heterocycles. The van der Waals surface area contributed by atoms with E-state index in [2.05, 4.69) is 4.98 Å². The van der Waals surface area contributed by atoms with Gasteiger partial charge in [0, 0.05) is 42.3 Å². The number of aromatic amines is 1. The first-order chi connectivity index (χ1) is 12.3. The zero-order chi connectivity index (χ0) is 18.5. The Bertz CT molecular complexity index is 950. The third-order valence-corrected chi connectivity index (χ3v) is 7.06. The Kier molecular flexibility index (Phi) is 4.31. The first-order valence-electron chi connectivity index (χ1n) is 9.13. The summed E-state index contributed by atoms with van der Waals surface area (Å²) >= 11 is 0. The van der Waals surface area contributed by atoms with Crippen molar-refractivity contribution in [1.29, 1.82) is 0 Å². The van der Waals surface area contributed by atoms with Crippen LogP contribution in [0.25, 0.3) is 10.9 Å². The maximum atomic E-state index is 13.1. The van der Waals surface area contributed by atoms with Gasteiger partial charge in [0.05, 0.1) is 12.7 Å². The molecule has 6 nitrogen and oxygen atoms in total. The van der Waals surface area contributed by atoms with Crippen LogP contribution in [-0.2, 0) is 21.2 Å². The van der Waals surface area contributed by atoms with Crippen molar-refractivity contribution < 1.29 is 13.2 Å². The van der Waals surface area contributed by atoms with Crippen molar-refractivity contribution in [3.63, 3.8) is 0 Å². The van der Waals surface area contributed by atoms with Crippen LogP contribution in [0.4, 0.5) is 0 Å². The van der Waals surface area contributed by atoms with E-state index in [-0.39, 0.29) is 17.9 Å². The van der Waals surface area contributed by atoms with Gasteiger partial charge in [0.15, 0.2) is 0 Å². The van der Waals surface area contributed by atoms with Gasteiger partial charge in [0.1, 0.15) is 0 Å². The number of aromatic nitrogens is 1. The maximum Gasteiger partial charge on any atom is 0.227 e. The minimum absolute atomic E-state index is 0.0125. The first-order valence-corrected chi connectivity index (χ1v) is 11.0. The van der Waals surface area contributed by atoms with E-state index in [1.54, 1.807) is 4.31 Å². The number of fused-ring (bicyclic) bond motifs is 5. The van der Waals surface area contributed by atoms with Gasteiger partial charge in [-0.2, -0.15) is 4.31 Å². The summed E-state index contributed by atoms with van der Waals surface area (Å²) in [6.07, 6.45) is 3.50. The van der Waals surface area contributed by atoms with Gasteiger partial charge in [0.25, 0.3) is 0 Å². The highest BCUT2D eigenvalue weighted by molar-refractivity contribution is 7.88.